The van der Waals surface area contributed by atoms with E-state index >= 15 is 0 Å². The van der Waals surface area contributed by atoms with Crippen molar-refractivity contribution in [3.05, 3.63) is 0 Å². The van der Waals surface area contributed by atoms with Crippen molar-refractivity contribution in [2.45, 2.75) is 89.5 Å². The maximum Gasteiger partial charge on any atom is 0.528 e. The lowest BCUT2D eigenvalue weighted by molar-refractivity contribution is -0.284. The summed E-state index contributed by atoms with van der Waals surface area (Å²) in [5.74, 6) is -4.63. The Morgan fingerprint density at radius 1 is 1.08 bits per heavy atom. The largest absolute Gasteiger partial charge is 0.528 e. The van der Waals surface area contributed by atoms with Crippen LogP contribution >= 0.6 is 0 Å². The zero-order valence-electron chi connectivity index (χ0n) is 14.8. The number of carbonyl (C=O) groups excluding carboxylic acids is 1. The Labute approximate surface area is 144 Å². The standard InChI is InChI=1S/C16H26F5NO3/c1-14(2,3)24-13(23)25-22-11-7-9-12(22)8-5-4-6-10-15(17,18)16(19,20)21/h12H,4-11H2,1-3H3/t12-/m1/s1. The maximum atomic E-state index is 12.8. The topological polar surface area (TPSA) is 38.8 Å². The van der Waals surface area contributed by atoms with Gasteiger partial charge in [-0.2, -0.15) is 22.0 Å². The van der Waals surface area contributed by atoms with Gasteiger partial charge >= 0.3 is 18.3 Å². The summed E-state index contributed by atoms with van der Waals surface area (Å²) in [6.07, 6.45) is -4.76. The predicted molar refractivity (Wildman–Crippen MR) is 81.1 cm³/mol. The normalized spacial score (nSPS) is 19.9. The van der Waals surface area contributed by atoms with E-state index in [0.29, 0.717) is 19.4 Å². The summed E-state index contributed by atoms with van der Waals surface area (Å²) >= 11 is 0. The molecule has 0 saturated carbocycles. The van der Waals surface area contributed by atoms with Crippen LogP contribution in [0, 0.1) is 0 Å². The van der Waals surface area contributed by atoms with Gasteiger partial charge in [0.15, 0.2) is 0 Å². The summed E-state index contributed by atoms with van der Waals surface area (Å²) in [5, 5.41) is 1.51. The summed E-state index contributed by atoms with van der Waals surface area (Å²) in [5.41, 5.74) is -0.671. The fourth-order valence-corrected chi connectivity index (χ4v) is 2.63. The molecule has 1 atom stereocenters. The molecule has 9 heteroatoms. The molecule has 1 fully saturated rings. The highest BCUT2D eigenvalue weighted by Gasteiger charge is 2.56. The number of hydroxylamine groups is 2. The van der Waals surface area contributed by atoms with Gasteiger partial charge in [-0.1, -0.05) is 12.8 Å². The van der Waals surface area contributed by atoms with E-state index in [4.69, 9.17) is 9.57 Å². The van der Waals surface area contributed by atoms with Gasteiger partial charge in [0.1, 0.15) is 5.60 Å². The number of carbonyl (C=O) groups is 1. The average Bonchev–Trinajstić information content (AvgIpc) is 2.81. The highest BCUT2D eigenvalue weighted by Crippen LogP contribution is 2.39. The lowest BCUT2D eigenvalue weighted by atomic mass is 10.0. The van der Waals surface area contributed by atoms with E-state index in [2.05, 4.69) is 0 Å². The molecule has 1 aliphatic rings. The molecular formula is C16H26F5NO3. The van der Waals surface area contributed by atoms with Gasteiger partial charge < -0.3 is 9.57 Å². The van der Waals surface area contributed by atoms with E-state index in [0.717, 1.165) is 12.8 Å². The average molecular weight is 375 g/mol. The van der Waals surface area contributed by atoms with Gasteiger partial charge in [0.05, 0.1) is 0 Å². The molecule has 0 bridgehead atoms. The van der Waals surface area contributed by atoms with Crippen LogP contribution < -0.4 is 0 Å². The van der Waals surface area contributed by atoms with Crippen molar-refractivity contribution in [2.75, 3.05) is 6.54 Å². The first kappa shape index (κ1) is 21.9. The fraction of sp³-hybridized carbons (Fsp3) is 0.938. The Hall–Kier alpha value is -1.12. The molecule has 1 rings (SSSR count). The number of unbranched alkanes of at least 4 members (excludes halogenated alkanes) is 2. The van der Waals surface area contributed by atoms with E-state index in [1.807, 2.05) is 0 Å². The zero-order valence-corrected chi connectivity index (χ0v) is 14.8. The van der Waals surface area contributed by atoms with Crippen molar-refractivity contribution in [1.29, 1.82) is 0 Å². The van der Waals surface area contributed by atoms with Crippen LogP contribution in [0.2, 0.25) is 0 Å². The quantitative estimate of drug-likeness (QED) is 0.336. The summed E-state index contributed by atoms with van der Waals surface area (Å²) in [6, 6.07) is -0.0596. The van der Waals surface area contributed by atoms with Gasteiger partial charge in [-0.05, 0) is 46.5 Å². The number of ether oxygens (including phenoxy) is 1. The SMILES string of the molecule is CC(C)(C)OC(=O)ON1CCC[C@H]1CCCCCC(F)(F)C(F)(F)F. The highest BCUT2D eigenvalue weighted by atomic mass is 19.4. The minimum Gasteiger partial charge on any atom is -0.427 e. The van der Waals surface area contributed by atoms with Gasteiger partial charge in [0, 0.05) is 19.0 Å². The number of nitrogens with zero attached hydrogens (tertiary/aromatic N) is 1. The molecule has 1 heterocycles. The molecule has 4 nitrogen and oxygen atoms in total. The zero-order chi connectivity index (χ0) is 19.3. The molecule has 0 aromatic carbocycles. The highest BCUT2D eigenvalue weighted by molar-refractivity contribution is 5.60. The van der Waals surface area contributed by atoms with Crippen molar-refractivity contribution in [3.63, 3.8) is 0 Å². The molecule has 148 valence electrons. The summed E-state index contributed by atoms with van der Waals surface area (Å²) in [6.45, 7) is 5.70. The van der Waals surface area contributed by atoms with Crippen LogP contribution in [0.15, 0.2) is 0 Å². The van der Waals surface area contributed by atoms with Crippen LogP contribution in [-0.4, -0.2) is 41.5 Å². The molecule has 0 aromatic rings. The molecule has 0 N–H and O–H groups in total. The van der Waals surface area contributed by atoms with Crippen molar-refractivity contribution in [2.24, 2.45) is 0 Å². The van der Waals surface area contributed by atoms with Crippen molar-refractivity contribution < 1.29 is 36.3 Å². The first-order valence-corrected chi connectivity index (χ1v) is 8.44. The monoisotopic (exact) mass is 375 g/mol. The molecule has 0 amide bonds. The molecule has 1 saturated heterocycles. The van der Waals surface area contributed by atoms with E-state index in [-0.39, 0.29) is 18.9 Å². The van der Waals surface area contributed by atoms with Crippen LogP contribution in [-0.2, 0) is 9.57 Å². The number of alkyl halides is 5. The Bertz CT molecular complexity index is 434. The van der Waals surface area contributed by atoms with Gasteiger partial charge in [-0.15, -0.1) is 5.06 Å². The van der Waals surface area contributed by atoms with Crippen LogP contribution in [0.1, 0.15) is 65.7 Å². The minimum atomic E-state index is -5.49. The first-order chi connectivity index (χ1) is 11.3. The summed E-state index contributed by atoms with van der Waals surface area (Å²) in [4.78, 5) is 16.8. The molecule has 0 unspecified atom stereocenters. The summed E-state index contributed by atoms with van der Waals surface area (Å²) in [7, 11) is 0. The number of halogens is 5. The second-order valence-electron chi connectivity index (χ2n) is 7.29. The number of hydrogen-bond donors (Lipinski definition) is 0. The molecule has 0 aliphatic carbocycles. The molecule has 25 heavy (non-hydrogen) atoms. The number of rotatable bonds is 7. The van der Waals surface area contributed by atoms with Gasteiger partial charge in [0.2, 0.25) is 0 Å². The maximum absolute atomic E-state index is 12.8. The fourth-order valence-electron chi connectivity index (χ4n) is 2.63. The lowest BCUT2D eigenvalue weighted by Crippen LogP contribution is -2.36. The van der Waals surface area contributed by atoms with Gasteiger partial charge in [-0.3, -0.25) is 0 Å². The molecule has 0 radical (unpaired) electrons. The summed E-state index contributed by atoms with van der Waals surface area (Å²) < 4.78 is 66.8. The second-order valence-corrected chi connectivity index (χ2v) is 7.29. The van der Waals surface area contributed by atoms with Crippen LogP contribution in [0.25, 0.3) is 0 Å². The van der Waals surface area contributed by atoms with E-state index in [1.165, 1.54) is 5.06 Å². The van der Waals surface area contributed by atoms with E-state index in [9.17, 15) is 26.7 Å². The minimum absolute atomic E-state index is 0.0596. The van der Waals surface area contributed by atoms with Gasteiger partial charge in [0.25, 0.3) is 0 Å². The Kier molecular flexibility index (Phi) is 7.46. The van der Waals surface area contributed by atoms with Crippen molar-refractivity contribution >= 4 is 6.16 Å². The van der Waals surface area contributed by atoms with Crippen LogP contribution in [0.5, 0.6) is 0 Å². The van der Waals surface area contributed by atoms with Gasteiger partial charge in [-0.25, -0.2) is 4.79 Å². The lowest BCUT2D eigenvalue weighted by Gasteiger charge is -2.25. The van der Waals surface area contributed by atoms with Crippen LogP contribution in [0.4, 0.5) is 26.7 Å². The molecule has 0 spiro atoms. The van der Waals surface area contributed by atoms with Crippen LogP contribution in [0.3, 0.4) is 0 Å². The van der Waals surface area contributed by atoms with E-state index < -0.39 is 30.3 Å². The third-order valence-corrected chi connectivity index (χ3v) is 3.85. The third kappa shape index (κ3) is 7.75. The van der Waals surface area contributed by atoms with Crippen molar-refractivity contribution in [1.82, 2.24) is 5.06 Å². The Morgan fingerprint density at radius 2 is 1.72 bits per heavy atom. The number of hydrogen-bond acceptors (Lipinski definition) is 4. The predicted octanol–water partition coefficient (Wildman–Crippen LogP) is 5.47. The smallest absolute Gasteiger partial charge is 0.427 e. The third-order valence-electron chi connectivity index (χ3n) is 3.85. The molecule has 1 aliphatic heterocycles. The molecular weight excluding hydrogens is 349 g/mol. The molecule has 0 aromatic heterocycles. The Balaban J connectivity index is 2.29. The van der Waals surface area contributed by atoms with E-state index in [1.54, 1.807) is 20.8 Å². The van der Waals surface area contributed by atoms with Crippen molar-refractivity contribution in [3.8, 4) is 0 Å². The second kappa shape index (κ2) is 8.51. The first-order valence-electron chi connectivity index (χ1n) is 8.44. The Morgan fingerprint density at radius 3 is 2.28 bits per heavy atom.